The fraction of sp³-hybridized carbons (Fsp3) is 0.688. The molecular weight excluding hydrogens is 220 g/mol. The maximum atomic E-state index is 4.11. The topological polar surface area (TPSA) is 24.9 Å². The molecule has 0 amide bonds. The average molecular weight is 242 g/mol. The Hall–Kier alpha value is -0.890. The molecule has 5 unspecified atom stereocenters. The lowest BCUT2D eigenvalue weighted by atomic mass is 9.94. The monoisotopic (exact) mass is 242 g/mol. The Bertz CT molecular complexity index is 414. The zero-order valence-electron chi connectivity index (χ0n) is 11.0. The minimum atomic E-state index is 0.686. The van der Waals surface area contributed by atoms with E-state index in [1.165, 1.54) is 24.8 Å². The molecule has 0 aromatic carbocycles. The van der Waals surface area contributed by atoms with E-state index in [9.17, 15) is 0 Å². The molecule has 3 aliphatic carbocycles. The van der Waals surface area contributed by atoms with Crippen molar-refractivity contribution in [3.63, 3.8) is 0 Å². The molecule has 3 saturated carbocycles. The summed E-state index contributed by atoms with van der Waals surface area (Å²) in [6.45, 7) is 0. The van der Waals surface area contributed by atoms with Gasteiger partial charge in [-0.3, -0.25) is 4.98 Å². The Morgan fingerprint density at radius 3 is 2.50 bits per heavy atom. The Kier molecular flexibility index (Phi) is 2.47. The zero-order chi connectivity index (χ0) is 12.1. The Morgan fingerprint density at radius 1 is 1.22 bits per heavy atom. The highest BCUT2D eigenvalue weighted by Crippen LogP contribution is 2.70. The number of aromatic nitrogens is 1. The van der Waals surface area contributed by atoms with E-state index < -0.39 is 0 Å². The molecule has 1 aromatic heterocycles. The van der Waals surface area contributed by atoms with Crippen molar-refractivity contribution in [1.82, 2.24) is 10.3 Å². The van der Waals surface area contributed by atoms with Crippen molar-refractivity contribution < 1.29 is 0 Å². The van der Waals surface area contributed by atoms with Crippen molar-refractivity contribution in [2.45, 2.75) is 31.7 Å². The smallest absolute Gasteiger partial charge is 0.0270 e. The lowest BCUT2D eigenvalue weighted by Crippen LogP contribution is -2.32. The number of hydrogen-bond acceptors (Lipinski definition) is 2. The number of pyridine rings is 1. The van der Waals surface area contributed by atoms with Gasteiger partial charge in [0.15, 0.2) is 0 Å². The van der Waals surface area contributed by atoms with Crippen LogP contribution in [0.5, 0.6) is 0 Å². The number of nitrogens with one attached hydrogen (secondary N) is 1. The molecule has 96 valence electrons. The summed E-state index contributed by atoms with van der Waals surface area (Å²) in [6, 6.07) is 5.01. The summed E-state index contributed by atoms with van der Waals surface area (Å²) in [4.78, 5) is 4.11. The number of rotatable bonds is 4. The molecule has 2 nitrogen and oxygen atoms in total. The van der Waals surface area contributed by atoms with E-state index in [0.717, 1.165) is 29.6 Å². The van der Waals surface area contributed by atoms with Crippen LogP contribution in [-0.2, 0) is 6.42 Å². The summed E-state index contributed by atoms with van der Waals surface area (Å²) in [6.07, 6.45) is 9.61. The maximum Gasteiger partial charge on any atom is 0.0270 e. The van der Waals surface area contributed by atoms with Gasteiger partial charge in [-0.2, -0.15) is 0 Å². The molecule has 3 aliphatic rings. The molecule has 0 spiro atoms. The second-order valence-corrected chi connectivity index (χ2v) is 6.52. The van der Waals surface area contributed by atoms with Crippen molar-refractivity contribution in [1.29, 1.82) is 0 Å². The second-order valence-electron chi connectivity index (χ2n) is 6.52. The lowest BCUT2D eigenvalue weighted by molar-refractivity contribution is 0.376. The van der Waals surface area contributed by atoms with Crippen LogP contribution >= 0.6 is 0 Å². The van der Waals surface area contributed by atoms with Crippen molar-refractivity contribution in [3.05, 3.63) is 30.1 Å². The van der Waals surface area contributed by atoms with Gasteiger partial charge in [0.2, 0.25) is 0 Å². The number of fused-ring (bicyclic) bond motifs is 5. The Balaban J connectivity index is 1.47. The molecular formula is C16H22N2. The fourth-order valence-corrected chi connectivity index (χ4v) is 5.13. The first-order valence-electron chi connectivity index (χ1n) is 7.44. The molecule has 2 bridgehead atoms. The Morgan fingerprint density at radius 2 is 1.89 bits per heavy atom. The van der Waals surface area contributed by atoms with Crippen LogP contribution in [0.3, 0.4) is 0 Å². The van der Waals surface area contributed by atoms with Gasteiger partial charge >= 0.3 is 0 Å². The van der Waals surface area contributed by atoms with Gasteiger partial charge < -0.3 is 5.32 Å². The van der Waals surface area contributed by atoms with Gasteiger partial charge in [-0.1, -0.05) is 0 Å². The Labute approximate surface area is 109 Å². The SMILES string of the molecule is CNC(Cc1ccncc1)C1C2C3CCC(C3)C21. The molecule has 18 heavy (non-hydrogen) atoms. The third kappa shape index (κ3) is 1.55. The molecule has 1 N–H and O–H groups in total. The van der Waals surface area contributed by atoms with Crippen LogP contribution in [0.25, 0.3) is 0 Å². The van der Waals surface area contributed by atoms with Gasteiger partial charge in [0.25, 0.3) is 0 Å². The normalized spacial score (nSPS) is 41.7. The van der Waals surface area contributed by atoms with E-state index in [-0.39, 0.29) is 0 Å². The van der Waals surface area contributed by atoms with Gasteiger partial charge in [-0.25, -0.2) is 0 Å². The zero-order valence-corrected chi connectivity index (χ0v) is 11.0. The molecule has 1 heterocycles. The summed E-state index contributed by atoms with van der Waals surface area (Å²) in [5, 5.41) is 3.59. The largest absolute Gasteiger partial charge is 0.316 e. The second kappa shape index (κ2) is 4.06. The van der Waals surface area contributed by atoms with Crippen molar-refractivity contribution in [3.8, 4) is 0 Å². The van der Waals surface area contributed by atoms with Crippen molar-refractivity contribution in [2.24, 2.45) is 29.6 Å². The standard InChI is InChI=1S/C16H22N2/c1-17-13(8-10-4-6-18-7-5-10)16-14-11-2-3-12(9-11)15(14)16/h4-7,11-17H,2-3,8-9H2,1H3. The van der Waals surface area contributed by atoms with Crippen LogP contribution < -0.4 is 5.32 Å². The predicted molar refractivity (Wildman–Crippen MR) is 72.1 cm³/mol. The molecule has 1 aromatic rings. The van der Waals surface area contributed by atoms with E-state index in [1.807, 2.05) is 12.4 Å². The van der Waals surface area contributed by atoms with Crippen LogP contribution in [0.4, 0.5) is 0 Å². The van der Waals surface area contributed by atoms with Gasteiger partial charge in [-0.05, 0) is 80.0 Å². The summed E-state index contributed by atoms with van der Waals surface area (Å²) >= 11 is 0. The summed E-state index contributed by atoms with van der Waals surface area (Å²) in [5.74, 6) is 5.28. The first kappa shape index (κ1) is 11.0. The van der Waals surface area contributed by atoms with Crippen LogP contribution in [0.15, 0.2) is 24.5 Å². The quantitative estimate of drug-likeness (QED) is 0.877. The number of hydrogen-bond donors (Lipinski definition) is 1. The van der Waals surface area contributed by atoms with E-state index >= 15 is 0 Å². The van der Waals surface area contributed by atoms with Crippen molar-refractivity contribution >= 4 is 0 Å². The van der Waals surface area contributed by atoms with Crippen LogP contribution in [-0.4, -0.2) is 18.1 Å². The minimum Gasteiger partial charge on any atom is -0.316 e. The first-order valence-corrected chi connectivity index (χ1v) is 7.44. The third-order valence-corrected chi connectivity index (χ3v) is 5.84. The average Bonchev–Trinajstić information content (AvgIpc) is 2.84. The van der Waals surface area contributed by atoms with E-state index in [4.69, 9.17) is 0 Å². The van der Waals surface area contributed by atoms with Gasteiger partial charge in [0.05, 0.1) is 0 Å². The first-order chi connectivity index (χ1) is 8.88. The van der Waals surface area contributed by atoms with E-state index in [1.54, 1.807) is 6.42 Å². The molecule has 2 heteroatoms. The molecule has 4 rings (SSSR count). The summed E-state index contributed by atoms with van der Waals surface area (Å²) < 4.78 is 0. The van der Waals surface area contributed by atoms with Gasteiger partial charge in [0.1, 0.15) is 0 Å². The molecule has 3 fully saturated rings. The highest BCUT2D eigenvalue weighted by atomic mass is 14.9. The van der Waals surface area contributed by atoms with Gasteiger partial charge in [0, 0.05) is 18.4 Å². The van der Waals surface area contributed by atoms with Crippen LogP contribution in [0, 0.1) is 29.6 Å². The van der Waals surface area contributed by atoms with Crippen LogP contribution in [0.1, 0.15) is 24.8 Å². The highest BCUT2D eigenvalue weighted by Gasteiger charge is 2.66. The highest BCUT2D eigenvalue weighted by molar-refractivity contribution is 5.19. The minimum absolute atomic E-state index is 0.686. The number of likely N-dealkylation sites (N-methyl/N-ethyl adjacent to an activating group) is 1. The maximum absolute atomic E-state index is 4.11. The van der Waals surface area contributed by atoms with E-state index in [0.29, 0.717) is 6.04 Å². The van der Waals surface area contributed by atoms with Gasteiger partial charge in [-0.15, -0.1) is 0 Å². The molecule has 5 atom stereocenters. The molecule has 0 radical (unpaired) electrons. The fourth-order valence-electron chi connectivity index (χ4n) is 5.13. The molecule has 0 saturated heterocycles. The molecule has 0 aliphatic heterocycles. The number of nitrogens with zero attached hydrogens (tertiary/aromatic N) is 1. The predicted octanol–water partition coefficient (Wildman–Crippen LogP) is 2.50. The summed E-state index contributed by atoms with van der Waals surface area (Å²) in [5.41, 5.74) is 1.43. The van der Waals surface area contributed by atoms with E-state index in [2.05, 4.69) is 29.5 Å². The lowest BCUT2D eigenvalue weighted by Gasteiger charge is -2.20. The van der Waals surface area contributed by atoms with Crippen molar-refractivity contribution in [2.75, 3.05) is 7.05 Å². The van der Waals surface area contributed by atoms with Crippen LogP contribution in [0.2, 0.25) is 0 Å². The third-order valence-electron chi connectivity index (χ3n) is 5.84. The summed E-state index contributed by atoms with van der Waals surface area (Å²) in [7, 11) is 2.14.